The van der Waals surface area contributed by atoms with Gasteiger partial charge in [0.1, 0.15) is 12.0 Å². The third-order valence-corrected chi connectivity index (χ3v) is 4.23. The van der Waals surface area contributed by atoms with Crippen LogP contribution >= 0.6 is 0 Å². The van der Waals surface area contributed by atoms with Crippen LogP contribution in [0.2, 0.25) is 0 Å². The Balaban J connectivity index is 3.22. The highest BCUT2D eigenvalue weighted by Gasteiger charge is 2.29. The summed E-state index contributed by atoms with van der Waals surface area (Å²) < 4.78 is 39.6. The van der Waals surface area contributed by atoms with Crippen molar-refractivity contribution in [1.29, 1.82) is 0 Å². The highest BCUT2D eigenvalue weighted by Crippen LogP contribution is 2.23. The molecular weight excluding hydrogens is 296 g/mol. The monoisotopic (exact) mass is 314 g/mol. The molecule has 21 heavy (non-hydrogen) atoms. The molecular formula is C14H18O6S. The molecule has 7 heteroatoms. The summed E-state index contributed by atoms with van der Waals surface area (Å²) in [6, 6.07) is 5.70. The van der Waals surface area contributed by atoms with Crippen LogP contribution in [0.1, 0.15) is 13.8 Å². The maximum atomic E-state index is 12.5. The van der Waals surface area contributed by atoms with E-state index in [2.05, 4.69) is 0 Å². The molecule has 0 bridgehead atoms. The Morgan fingerprint density at radius 3 is 2.24 bits per heavy atom. The normalized spacial score (nSPS) is 11.9. The lowest BCUT2D eigenvalue weighted by Gasteiger charge is -2.09. The number of esters is 1. The minimum absolute atomic E-state index is 0.0395. The number of ether oxygens (including phenoxy) is 3. The van der Waals surface area contributed by atoms with E-state index in [9.17, 15) is 13.2 Å². The number of carbonyl (C=O) groups is 1. The van der Waals surface area contributed by atoms with Gasteiger partial charge in [-0.1, -0.05) is 0 Å². The largest absolute Gasteiger partial charge is 0.500 e. The molecule has 0 atom stereocenters. The van der Waals surface area contributed by atoms with E-state index in [1.54, 1.807) is 13.8 Å². The van der Waals surface area contributed by atoms with Gasteiger partial charge in [0, 0.05) is 0 Å². The topological polar surface area (TPSA) is 78.9 Å². The van der Waals surface area contributed by atoms with Gasteiger partial charge >= 0.3 is 5.97 Å². The first-order valence-electron chi connectivity index (χ1n) is 6.35. The summed E-state index contributed by atoms with van der Waals surface area (Å²) in [6.45, 7) is 3.58. The van der Waals surface area contributed by atoms with Crippen molar-refractivity contribution in [3.05, 3.63) is 35.4 Å². The van der Waals surface area contributed by atoms with Crippen LogP contribution in [0.4, 0.5) is 0 Å². The fourth-order valence-electron chi connectivity index (χ4n) is 1.46. The molecule has 116 valence electrons. The first-order chi connectivity index (χ1) is 9.97. The van der Waals surface area contributed by atoms with E-state index in [-0.39, 0.29) is 18.1 Å². The van der Waals surface area contributed by atoms with Crippen molar-refractivity contribution in [2.24, 2.45) is 0 Å². The lowest BCUT2D eigenvalue weighted by atomic mass is 10.3. The number of methoxy groups -OCH3 is 1. The smallest absolute Gasteiger partial charge is 0.353 e. The fourth-order valence-corrected chi connectivity index (χ4v) is 2.69. The van der Waals surface area contributed by atoms with Gasteiger partial charge in [0.25, 0.3) is 0 Å². The van der Waals surface area contributed by atoms with Crippen LogP contribution in [-0.4, -0.2) is 34.7 Å². The van der Waals surface area contributed by atoms with Gasteiger partial charge in [-0.15, -0.1) is 0 Å². The van der Waals surface area contributed by atoms with Crippen LogP contribution in [0, 0.1) is 0 Å². The second-order valence-corrected chi connectivity index (χ2v) is 5.75. The Hall–Kier alpha value is -2.02. The molecule has 1 aromatic carbocycles. The third kappa shape index (κ3) is 4.22. The standard InChI is InChI=1S/C14H18O6S/c1-4-19-10-13(14(15)20-5-2)21(16,17)12-8-6-11(18-3)7-9-12/h6-10H,4-5H2,1-3H3. The molecule has 1 aromatic rings. The third-order valence-electron chi connectivity index (χ3n) is 2.49. The molecule has 1 rings (SSSR count). The second-order valence-electron chi connectivity index (χ2n) is 3.84. The van der Waals surface area contributed by atoms with Crippen molar-refractivity contribution < 1.29 is 27.4 Å². The molecule has 0 saturated carbocycles. The second kappa shape index (κ2) is 7.68. The van der Waals surface area contributed by atoms with Crippen LogP contribution in [0.15, 0.2) is 40.3 Å². The zero-order chi connectivity index (χ0) is 15.9. The summed E-state index contributed by atoms with van der Waals surface area (Å²) in [7, 11) is -2.54. The lowest BCUT2D eigenvalue weighted by Crippen LogP contribution is -2.17. The predicted octanol–water partition coefficient (Wildman–Crippen LogP) is 1.91. The van der Waals surface area contributed by atoms with Gasteiger partial charge in [0.2, 0.25) is 9.84 Å². The van der Waals surface area contributed by atoms with Gasteiger partial charge in [-0.25, -0.2) is 13.2 Å². The molecule has 0 unspecified atom stereocenters. The maximum Gasteiger partial charge on any atom is 0.353 e. The number of benzene rings is 1. The predicted molar refractivity (Wildman–Crippen MR) is 76.5 cm³/mol. The van der Waals surface area contributed by atoms with E-state index in [1.807, 2.05) is 0 Å². The highest BCUT2D eigenvalue weighted by molar-refractivity contribution is 7.96. The number of hydrogen-bond donors (Lipinski definition) is 0. The lowest BCUT2D eigenvalue weighted by molar-refractivity contribution is -0.137. The SMILES string of the molecule is CCOC=C(C(=O)OCC)S(=O)(=O)c1ccc(OC)cc1. The van der Waals surface area contributed by atoms with Crippen LogP contribution in [0.25, 0.3) is 0 Å². The number of carbonyl (C=O) groups excluding carboxylic acids is 1. The summed E-state index contributed by atoms with van der Waals surface area (Å²) in [4.78, 5) is 11.2. The van der Waals surface area contributed by atoms with Gasteiger partial charge in [-0.2, -0.15) is 0 Å². The van der Waals surface area contributed by atoms with Crippen LogP contribution in [0.3, 0.4) is 0 Å². The van der Waals surface area contributed by atoms with Gasteiger partial charge in [-0.05, 0) is 38.1 Å². The van der Waals surface area contributed by atoms with Crippen molar-refractivity contribution in [3.8, 4) is 5.75 Å². The average Bonchev–Trinajstić information content (AvgIpc) is 2.47. The summed E-state index contributed by atoms with van der Waals surface area (Å²) in [6.07, 6.45) is 0.914. The summed E-state index contributed by atoms with van der Waals surface area (Å²) in [5.74, 6) is -0.429. The van der Waals surface area contributed by atoms with Gasteiger partial charge in [0.15, 0.2) is 4.91 Å². The number of hydrogen-bond acceptors (Lipinski definition) is 6. The Bertz CT molecular complexity index is 601. The summed E-state index contributed by atoms with van der Waals surface area (Å²) >= 11 is 0. The van der Waals surface area contributed by atoms with E-state index >= 15 is 0 Å². The van der Waals surface area contributed by atoms with Crippen LogP contribution < -0.4 is 4.74 Å². The van der Waals surface area contributed by atoms with Crippen LogP contribution in [0.5, 0.6) is 5.75 Å². The molecule has 0 N–H and O–H groups in total. The van der Waals surface area contributed by atoms with E-state index in [0.29, 0.717) is 5.75 Å². The van der Waals surface area contributed by atoms with Crippen molar-refractivity contribution in [3.63, 3.8) is 0 Å². The molecule has 0 fully saturated rings. The highest BCUT2D eigenvalue weighted by atomic mass is 32.2. The van der Waals surface area contributed by atoms with Gasteiger partial charge < -0.3 is 14.2 Å². The molecule has 0 aromatic heterocycles. The molecule has 0 spiro atoms. The first-order valence-corrected chi connectivity index (χ1v) is 7.83. The Labute approximate surface area is 124 Å². The Morgan fingerprint density at radius 2 is 1.76 bits per heavy atom. The summed E-state index contributed by atoms with van der Waals surface area (Å²) in [5.41, 5.74) is 0. The molecule has 0 aliphatic heterocycles. The van der Waals surface area contributed by atoms with Gasteiger partial charge in [0.05, 0.1) is 25.2 Å². The van der Waals surface area contributed by atoms with E-state index < -0.39 is 20.7 Å². The zero-order valence-corrected chi connectivity index (χ0v) is 13.0. The van der Waals surface area contributed by atoms with Crippen molar-refractivity contribution in [2.75, 3.05) is 20.3 Å². The van der Waals surface area contributed by atoms with Crippen molar-refractivity contribution in [2.45, 2.75) is 18.7 Å². The van der Waals surface area contributed by atoms with E-state index in [1.165, 1.54) is 31.4 Å². The molecule has 0 aliphatic carbocycles. The minimum atomic E-state index is -4.01. The molecule has 6 nitrogen and oxygen atoms in total. The first kappa shape index (κ1) is 17.0. The van der Waals surface area contributed by atoms with Crippen molar-refractivity contribution >= 4 is 15.8 Å². The van der Waals surface area contributed by atoms with E-state index in [0.717, 1.165) is 6.26 Å². The van der Waals surface area contributed by atoms with Crippen LogP contribution in [-0.2, 0) is 24.1 Å². The van der Waals surface area contributed by atoms with E-state index in [4.69, 9.17) is 14.2 Å². The minimum Gasteiger partial charge on any atom is -0.500 e. The number of sulfone groups is 1. The summed E-state index contributed by atoms with van der Waals surface area (Å²) in [5, 5.41) is 0. The Morgan fingerprint density at radius 1 is 1.14 bits per heavy atom. The molecule has 0 saturated heterocycles. The molecule has 0 aliphatic rings. The Kier molecular flexibility index (Phi) is 6.23. The maximum absolute atomic E-state index is 12.5. The van der Waals surface area contributed by atoms with Gasteiger partial charge in [-0.3, -0.25) is 0 Å². The molecule has 0 radical (unpaired) electrons. The average molecular weight is 314 g/mol. The molecule has 0 amide bonds. The fraction of sp³-hybridized carbons (Fsp3) is 0.357. The quantitative estimate of drug-likeness (QED) is 0.434. The van der Waals surface area contributed by atoms with Crippen molar-refractivity contribution in [1.82, 2.24) is 0 Å². The number of rotatable bonds is 7. The zero-order valence-electron chi connectivity index (χ0n) is 12.2. The molecule has 0 heterocycles.